The molecule has 3 aromatic rings. The second-order valence-corrected chi connectivity index (χ2v) is 5.20. The number of benzene rings is 2. The van der Waals surface area contributed by atoms with Crippen molar-refractivity contribution in [3.63, 3.8) is 0 Å². The van der Waals surface area contributed by atoms with Gasteiger partial charge in [0.15, 0.2) is 0 Å². The van der Waals surface area contributed by atoms with E-state index >= 15 is 0 Å². The van der Waals surface area contributed by atoms with Crippen LogP contribution in [0.4, 0.5) is 10.7 Å². The van der Waals surface area contributed by atoms with Crippen LogP contribution in [0, 0.1) is 5.41 Å². The van der Waals surface area contributed by atoms with Gasteiger partial charge in [-0.2, -0.15) is 0 Å². The molecule has 3 rings (SSSR count). The third kappa shape index (κ3) is 3.54. The Morgan fingerprint density at radius 1 is 1.23 bits per heavy atom. The first kappa shape index (κ1) is 17.2. The number of amides is 1. The zero-order valence-corrected chi connectivity index (χ0v) is 13.9. The highest BCUT2D eigenvalue weighted by molar-refractivity contribution is 5.95. The molecule has 8 heteroatoms. The zero-order chi connectivity index (χ0) is 18.5. The van der Waals surface area contributed by atoms with Crippen molar-refractivity contribution in [2.75, 3.05) is 11.9 Å². The average molecular weight is 352 g/mol. The number of nitrogens with one attached hydrogen (secondary N) is 2. The van der Waals surface area contributed by atoms with Crippen LogP contribution in [0.5, 0.6) is 5.75 Å². The number of carbonyl (C=O) groups excluding carboxylic acids is 2. The summed E-state index contributed by atoms with van der Waals surface area (Å²) in [6, 6.07) is 13.2. The molecule has 0 saturated carbocycles. The highest BCUT2D eigenvalue weighted by Crippen LogP contribution is 2.21. The fraction of sp³-hybridized carbons (Fsp3) is 0.111. The van der Waals surface area contributed by atoms with Crippen molar-refractivity contribution in [3.8, 4) is 5.75 Å². The van der Waals surface area contributed by atoms with E-state index in [2.05, 4.69) is 10.3 Å². The molecule has 1 heterocycles. The summed E-state index contributed by atoms with van der Waals surface area (Å²) in [6.45, 7) is 1.90. The second kappa shape index (κ2) is 7.47. The number of nitrogens with zero attached hydrogens (tertiary/aromatic N) is 2. The van der Waals surface area contributed by atoms with Crippen LogP contribution in [0.3, 0.4) is 0 Å². The van der Waals surface area contributed by atoms with Gasteiger partial charge in [-0.3, -0.25) is 15.5 Å². The minimum Gasteiger partial charge on any atom is -0.450 e. The van der Waals surface area contributed by atoms with Gasteiger partial charge in [0, 0.05) is 5.56 Å². The van der Waals surface area contributed by atoms with Gasteiger partial charge >= 0.3 is 12.1 Å². The summed E-state index contributed by atoms with van der Waals surface area (Å²) >= 11 is 0. The van der Waals surface area contributed by atoms with Gasteiger partial charge in [0.25, 0.3) is 0 Å². The van der Waals surface area contributed by atoms with Crippen molar-refractivity contribution < 1.29 is 19.1 Å². The Labute approximate surface area is 148 Å². The van der Waals surface area contributed by atoms with Gasteiger partial charge in [-0.15, -0.1) is 0 Å². The summed E-state index contributed by atoms with van der Waals surface area (Å²) in [5, 5.41) is 10.8. The highest BCUT2D eigenvalue weighted by atomic mass is 16.5. The Balaban J connectivity index is 1.94. The Morgan fingerprint density at radius 2 is 1.96 bits per heavy atom. The molecule has 0 aliphatic carbocycles. The molecular weight excluding hydrogens is 336 g/mol. The fourth-order valence-corrected chi connectivity index (χ4v) is 2.35. The van der Waals surface area contributed by atoms with E-state index in [0.717, 1.165) is 6.29 Å². The van der Waals surface area contributed by atoms with E-state index in [4.69, 9.17) is 14.9 Å². The van der Waals surface area contributed by atoms with Gasteiger partial charge in [-0.25, -0.2) is 14.3 Å². The molecule has 1 amide bonds. The van der Waals surface area contributed by atoms with Gasteiger partial charge < -0.3 is 9.47 Å². The first-order valence-corrected chi connectivity index (χ1v) is 7.85. The largest absolute Gasteiger partial charge is 0.450 e. The Hall–Kier alpha value is -3.68. The monoisotopic (exact) mass is 352 g/mol. The van der Waals surface area contributed by atoms with E-state index < -0.39 is 6.09 Å². The van der Waals surface area contributed by atoms with Gasteiger partial charge in [-0.05, 0) is 43.3 Å². The van der Waals surface area contributed by atoms with E-state index in [1.165, 1.54) is 4.57 Å². The number of rotatable bonds is 4. The lowest BCUT2D eigenvalue weighted by Gasteiger charge is -2.12. The summed E-state index contributed by atoms with van der Waals surface area (Å²) in [5.41, 5.74) is 1.68. The van der Waals surface area contributed by atoms with Crippen molar-refractivity contribution in [2.45, 2.75) is 6.92 Å². The molecule has 1 aromatic heterocycles. The number of anilines is 1. The van der Waals surface area contributed by atoms with Gasteiger partial charge in [-0.1, -0.05) is 12.1 Å². The Kier molecular flexibility index (Phi) is 4.93. The molecule has 0 unspecified atom stereocenters. The van der Waals surface area contributed by atoms with E-state index in [-0.39, 0.29) is 18.6 Å². The number of para-hydroxylation sites is 2. The maximum atomic E-state index is 11.8. The first-order chi connectivity index (χ1) is 12.6. The van der Waals surface area contributed by atoms with Crippen molar-refractivity contribution in [3.05, 3.63) is 54.1 Å². The lowest BCUT2D eigenvalue weighted by molar-refractivity contribution is 0.112. The fourth-order valence-electron chi connectivity index (χ4n) is 2.35. The maximum Gasteiger partial charge on any atom is 0.413 e. The number of carbonyl (C=O) groups is 2. The van der Waals surface area contributed by atoms with Crippen LogP contribution in [0.1, 0.15) is 17.3 Å². The van der Waals surface area contributed by atoms with Crippen LogP contribution in [-0.4, -0.2) is 34.6 Å². The summed E-state index contributed by atoms with van der Waals surface area (Å²) in [4.78, 5) is 26.8. The van der Waals surface area contributed by atoms with Gasteiger partial charge in [0.05, 0.1) is 17.6 Å². The SMILES string of the molecule is CCOC(=O)Nc1nc2ccccc2n1C(=N)Oc1ccc(C=O)cc1. The third-order valence-corrected chi connectivity index (χ3v) is 3.48. The minimum absolute atomic E-state index is 0.110. The predicted molar refractivity (Wildman–Crippen MR) is 96.0 cm³/mol. The number of ether oxygens (including phenoxy) is 2. The van der Waals surface area contributed by atoms with Gasteiger partial charge in [0.2, 0.25) is 5.95 Å². The van der Waals surface area contributed by atoms with Crippen molar-refractivity contribution in [1.82, 2.24) is 9.55 Å². The van der Waals surface area contributed by atoms with E-state index in [1.54, 1.807) is 55.5 Å². The maximum absolute atomic E-state index is 11.8. The molecule has 26 heavy (non-hydrogen) atoms. The number of hydrogen-bond donors (Lipinski definition) is 2. The van der Waals surface area contributed by atoms with E-state index in [9.17, 15) is 9.59 Å². The predicted octanol–water partition coefficient (Wildman–Crippen LogP) is 3.28. The van der Waals surface area contributed by atoms with Crippen molar-refractivity contribution in [2.24, 2.45) is 0 Å². The highest BCUT2D eigenvalue weighted by Gasteiger charge is 2.18. The van der Waals surface area contributed by atoms with Crippen molar-refractivity contribution in [1.29, 1.82) is 5.41 Å². The van der Waals surface area contributed by atoms with Crippen LogP contribution >= 0.6 is 0 Å². The molecule has 2 aromatic carbocycles. The Bertz CT molecular complexity index is 963. The number of hydrogen-bond acceptors (Lipinski definition) is 6. The summed E-state index contributed by atoms with van der Waals surface area (Å²) in [6.07, 6.45) is 0.0482. The zero-order valence-electron chi connectivity index (χ0n) is 13.9. The van der Waals surface area contributed by atoms with Crippen LogP contribution in [0.25, 0.3) is 11.0 Å². The normalized spacial score (nSPS) is 10.3. The van der Waals surface area contributed by atoms with E-state index in [0.29, 0.717) is 22.3 Å². The van der Waals surface area contributed by atoms with Gasteiger partial charge in [0.1, 0.15) is 12.0 Å². The van der Waals surface area contributed by atoms with E-state index in [1.807, 2.05) is 0 Å². The minimum atomic E-state index is -0.674. The standard InChI is InChI=1S/C18H16N4O4/c1-2-25-18(24)21-17-20-14-5-3-4-6-15(14)22(17)16(19)26-13-9-7-12(11-23)8-10-13/h3-11,19H,2H2,1H3,(H,20,21,24). The van der Waals surface area contributed by atoms with Crippen molar-refractivity contribution >= 4 is 35.4 Å². The third-order valence-electron chi connectivity index (χ3n) is 3.48. The molecule has 0 spiro atoms. The lowest BCUT2D eigenvalue weighted by Crippen LogP contribution is -2.23. The molecule has 132 valence electrons. The number of aldehydes is 1. The molecule has 0 atom stereocenters. The Morgan fingerprint density at radius 3 is 2.65 bits per heavy atom. The lowest BCUT2D eigenvalue weighted by atomic mass is 10.2. The summed E-state index contributed by atoms with van der Waals surface area (Å²) < 4.78 is 11.8. The molecule has 0 fully saturated rings. The molecule has 0 radical (unpaired) electrons. The molecule has 0 aliphatic rings. The number of fused-ring (bicyclic) bond motifs is 1. The molecule has 2 N–H and O–H groups in total. The average Bonchev–Trinajstić information content (AvgIpc) is 3.00. The molecule has 0 aliphatic heterocycles. The smallest absolute Gasteiger partial charge is 0.413 e. The van der Waals surface area contributed by atoms with Crippen LogP contribution in [0.2, 0.25) is 0 Å². The molecule has 8 nitrogen and oxygen atoms in total. The second-order valence-electron chi connectivity index (χ2n) is 5.20. The number of imidazole rings is 1. The van der Waals surface area contributed by atoms with Crippen LogP contribution < -0.4 is 10.1 Å². The first-order valence-electron chi connectivity index (χ1n) is 7.85. The molecule has 0 saturated heterocycles. The number of aromatic nitrogens is 2. The molecular formula is C18H16N4O4. The van der Waals surface area contributed by atoms with Crippen LogP contribution in [-0.2, 0) is 4.74 Å². The summed E-state index contributed by atoms with van der Waals surface area (Å²) in [5.74, 6) is 0.486. The molecule has 0 bridgehead atoms. The quantitative estimate of drug-likeness (QED) is 0.426. The topological polar surface area (TPSA) is 106 Å². The summed E-state index contributed by atoms with van der Waals surface area (Å²) in [7, 11) is 0. The van der Waals surface area contributed by atoms with Crippen LogP contribution in [0.15, 0.2) is 48.5 Å².